The van der Waals surface area contributed by atoms with E-state index in [0.29, 0.717) is 35.1 Å². The summed E-state index contributed by atoms with van der Waals surface area (Å²) in [5.41, 5.74) is 2.35. The van der Waals surface area contributed by atoms with Gasteiger partial charge < -0.3 is 4.74 Å². The molecule has 1 aliphatic rings. The van der Waals surface area contributed by atoms with E-state index in [1.807, 2.05) is 12.1 Å². The monoisotopic (exact) mass is 521 g/mol. The van der Waals surface area contributed by atoms with Gasteiger partial charge in [0.05, 0.1) is 37.0 Å². The summed E-state index contributed by atoms with van der Waals surface area (Å²) in [5, 5.41) is 5.40. The number of amides is 1. The third-order valence-electron chi connectivity index (χ3n) is 5.66. The predicted molar refractivity (Wildman–Crippen MR) is 123 cm³/mol. The molecule has 0 radical (unpaired) electrons. The number of rotatable bonds is 4. The molecule has 0 N–H and O–H groups in total. The average Bonchev–Trinajstić information content (AvgIpc) is 3.43. The molecule has 0 aliphatic carbocycles. The van der Waals surface area contributed by atoms with E-state index >= 15 is 0 Å². The van der Waals surface area contributed by atoms with E-state index in [1.54, 1.807) is 19.3 Å². The molecule has 5 rings (SSSR count). The first-order chi connectivity index (χ1) is 16.6. The SMILES string of the molecule is Cn1cc(N(Cc2ccc3c4c(c(Cl)nc3c2)COC4)C(=O)c2ccc(C(F)(F)F)nc2)c(Cl)n1. The predicted octanol–water partition coefficient (Wildman–Crippen LogP) is 5.57. The molecule has 3 aromatic heterocycles. The van der Waals surface area contributed by atoms with Crippen LogP contribution in [0, 0.1) is 0 Å². The summed E-state index contributed by atoms with van der Waals surface area (Å²) in [4.78, 5) is 22.6. The van der Waals surface area contributed by atoms with Crippen molar-refractivity contribution in [1.82, 2.24) is 19.7 Å². The molecule has 4 aromatic rings. The van der Waals surface area contributed by atoms with Gasteiger partial charge in [-0.3, -0.25) is 19.4 Å². The van der Waals surface area contributed by atoms with Gasteiger partial charge in [0.25, 0.3) is 5.91 Å². The Kier molecular flexibility index (Phi) is 5.90. The van der Waals surface area contributed by atoms with Crippen molar-refractivity contribution in [2.75, 3.05) is 4.90 Å². The van der Waals surface area contributed by atoms with Gasteiger partial charge >= 0.3 is 6.18 Å². The lowest BCUT2D eigenvalue weighted by molar-refractivity contribution is -0.141. The number of hydrogen-bond acceptors (Lipinski definition) is 5. The molecule has 0 bridgehead atoms. The first kappa shape index (κ1) is 23.5. The molecule has 1 aliphatic heterocycles. The number of carbonyl (C=O) groups excluding carboxylic acids is 1. The zero-order valence-corrected chi connectivity index (χ0v) is 19.6. The minimum atomic E-state index is -4.61. The molecule has 0 spiro atoms. The smallest absolute Gasteiger partial charge is 0.372 e. The summed E-state index contributed by atoms with van der Waals surface area (Å²) in [7, 11) is 1.64. The largest absolute Gasteiger partial charge is 0.433 e. The van der Waals surface area contributed by atoms with Crippen LogP contribution in [0.4, 0.5) is 18.9 Å². The number of benzene rings is 1. The number of alkyl halides is 3. The van der Waals surface area contributed by atoms with E-state index in [-0.39, 0.29) is 17.3 Å². The van der Waals surface area contributed by atoms with E-state index < -0.39 is 17.8 Å². The number of carbonyl (C=O) groups is 1. The van der Waals surface area contributed by atoms with Gasteiger partial charge in [0.15, 0.2) is 5.15 Å². The van der Waals surface area contributed by atoms with Crippen molar-refractivity contribution < 1.29 is 22.7 Å². The van der Waals surface area contributed by atoms with Crippen molar-refractivity contribution in [3.05, 3.63) is 81.0 Å². The van der Waals surface area contributed by atoms with Gasteiger partial charge in [-0.1, -0.05) is 35.3 Å². The third-order valence-corrected chi connectivity index (χ3v) is 6.24. The van der Waals surface area contributed by atoms with E-state index in [2.05, 4.69) is 15.1 Å². The fourth-order valence-electron chi connectivity index (χ4n) is 3.97. The molecular weight excluding hydrogens is 506 g/mol. The second-order valence-electron chi connectivity index (χ2n) is 8.00. The van der Waals surface area contributed by atoms with Gasteiger partial charge in [-0.2, -0.15) is 18.3 Å². The second kappa shape index (κ2) is 8.78. The number of fused-ring (bicyclic) bond motifs is 3. The first-order valence-corrected chi connectivity index (χ1v) is 11.1. The minimum Gasteiger partial charge on any atom is -0.372 e. The quantitative estimate of drug-likeness (QED) is 0.328. The maximum Gasteiger partial charge on any atom is 0.433 e. The Balaban J connectivity index is 1.53. The molecule has 0 unspecified atom stereocenters. The van der Waals surface area contributed by atoms with E-state index in [4.69, 9.17) is 27.9 Å². The Morgan fingerprint density at radius 1 is 1.14 bits per heavy atom. The standard InChI is InChI=1S/C23H16Cl2F3N5O2/c1-32-9-18(21(25)31-32)33(22(34)13-3-5-19(29-7-13)23(26,27)28)8-12-2-4-14-15-10-35-11-16(15)20(24)30-17(14)6-12/h2-7,9H,8,10-11H2,1H3. The van der Waals surface area contributed by atoms with Gasteiger partial charge in [0, 0.05) is 24.2 Å². The molecule has 4 heterocycles. The van der Waals surface area contributed by atoms with Gasteiger partial charge in [0.1, 0.15) is 16.5 Å². The Morgan fingerprint density at radius 3 is 2.57 bits per heavy atom. The fraction of sp³-hybridized carbons (Fsp3) is 0.217. The molecule has 1 amide bonds. The van der Waals surface area contributed by atoms with E-state index in [0.717, 1.165) is 34.8 Å². The number of pyridine rings is 2. The first-order valence-electron chi connectivity index (χ1n) is 10.3. The van der Waals surface area contributed by atoms with Crippen LogP contribution in [0.25, 0.3) is 10.9 Å². The zero-order valence-electron chi connectivity index (χ0n) is 18.1. The van der Waals surface area contributed by atoms with Gasteiger partial charge in [-0.05, 0) is 29.3 Å². The van der Waals surface area contributed by atoms with Gasteiger partial charge in [-0.25, -0.2) is 4.98 Å². The maximum atomic E-state index is 13.4. The molecule has 0 atom stereocenters. The number of aryl methyl sites for hydroxylation is 1. The van der Waals surface area contributed by atoms with Crippen molar-refractivity contribution in [2.24, 2.45) is 7.05 Å². The van der Waals surface area contributed by atoms with Crippen molar-refractivity contribution >= 4 is 45.7 Å². The van der Waals surface area contributed by atoms with E-state index in [1.165, 1.54) is 9.58 Å². The van der Waals surface area contributed by atoms with Gasteiger partial charge in [0.2, 0.25) is 0 Å². The Hall–Kier alpha value is -3.21. The van der Waals surface area contributed by atoms with Crippen LogP contribution in [0.5, 0.6) is 0 Å². The maximum absolute atomic E-state index is 13.4. The van der Waals surface area contributed by atoms with Crippen LogP contribution in [0.15, 0.2) is 42.7 Å². The number of hydrogen-bond donors (Lipinski definition) is 0. The number of aromatic nitrogens is 4. The molecule has 12 heteroatoms. The zero-order chi connectivity index (χ0) is 24.9. The Labute approximate surface area is 207 Å². The highest BCUT2D eigenvalue weighted by atomic mass is 35.5. The highest BCUT2D eigenvalue weighted by Crippen LogP contribution is 2.34. The fourth-order valence-corrected chi connectivity index (χ4v) is 4.50. The summed E-state index contributed by atoms with van der Waals surface area (Å²) in [6, 6.07) is 7.37. The van der Waals surface area contributed by atoms with Crippen LogP contribution in [0.2, 0.25) is 10.3 Å². The highest BCUT2D eigenvalue weighted by Gasteiger charge is 2.33. The summed E-state index contributed by atoms with van der Waals surface area (Å²) in [6.07, 6.45) is -2.16. The van der Waals surface area contributed by atoms with Crippen molar-refractivity contribution in [3.63, 3.8) is 0 Å². The summed E-state index contributed by atoms with van der Waals surface area (Å²) in [6.45, 7) is 0.889. The molecule has 7 nitrogen and oxygen atoms in total. The molecular formula is C23H16Cl2F3N5O2. The number of nitrogens with zero attached hydrogens (tertiary/aromatic N) is 5. The van der Waals surface area contributed by atoms with Crippen LogP contribution >= 0.6 is 23.2 Å². The van der Waals surface area contributed by atoms with Crippen LogP contribution in [-0.2, 0) is 37.7 Å². The van der Waals surface area contributed by atoms with Crippen molar-refractivity contribution in [1.29, 1.82) is 0 Å². The van der Waals surface area contributed by atoms with Crippen LogP contribution < -0.4 is 4.90 Å². The lowest BCUT2D eigenvalue weighted by Crippen LogP contribution is -2.30. The average molecular weight is 522 g/mol. The second-order valence-corrected chi connectivity index (χ2v) is 8.72. The van der Waals surface area contributed by atoms with Crippen LogP contribution in [0.1, 0.15) is 32.7 Å². The van der Waals surface area contributed by atoms with Gasteiger partial charge in [-0.15, -0.1) is 0 Å². The number of ether oxygens (including phenoxy) is 1. The Bertz CT molecular complexity index is 1450. The lowest BCUT2D eigenvalue weighted by atomic mass is 10.0. The molecule has 0 saturated heterocycles. The number of anilines is 1. The van der Waals surface area contributed by atoms with Crippen molar-refractivity contribution in [2.45, 2.75) is 25.9 Å². The summed E-state index contributed by atoms with van der Waals surface area (Å²) >= 11 is 12.6. The number of halogens is 5. The molecule has 180 valence electrons. The summed E-state index contributed by atoms with van der Waals surface area (Å²) in [5.74, 6) is -0.588. The topological polar surface area (TPSA) is 73.1 Å². The van der Waals surface area contributed by atoms with Crippen LogP contribution in [0.3, 0.4) is 0 Å². The normalized spacial score (nSPS) is 13.3. The molecule has 1 aromatic carbocycles. The van der Waals surface area contributed by atoms with Crippen LogP contribution in [-0.4, -0.2) is 25.7 Å². The van der Waals surface area contributed by atoms with E-state index in [9.17, 15) is 18.0 Å². The lowest BCUT2D eigenvalue weighted by Gasteiger charge is -2.22. The molecule has 0 fully saturated rings. The van der Waals surface area contributed by atoms with Crippen molar-refractivity contribution in [3.8, 4) is 0 Å². The Morgan fingerprint density at radius 2 is 1.91 bits per heavy atom. The summed E-state index contributed by atoms with van der Waals surface area (Å²) < 4.78 is 45.7. The minimum absolute atomic E-state index is 0.0325. The highest BCUT2D eigenvalue weighted by molar-refractivity contribution is 6.33. The third kappa shape index (κ3) is 4.44. The molecule has 35 heavy (non-hydrogen) atoms. The molecule has 0 saturated carbocycles.